The Balaban J connectivity index is 0.00000312. The van der Waals surface area contributed by atoms with Crippen molar-refractivity contribution in [2.45, 2.75) is 32.4 Å². The Hall–Kier alpha value is -1.88. The Bertz CT molecular complexity index is 654. The lowest BCUT2D eigenvalue weighted by Crippen LogP contribution is -2.31. The lowest BCUT2D eigenvalue weighted by Gasteiger charge is -2.15. The number of rotatable bonds is 7. The van der Waals surface area contributed by atoms with E-state index in [1.54, 1.807) is 19.2 Å². The molecule has 1 atom stereocenters. The van der Waals surface area contributed by atoms with Gasteiger partial charge in [0.05, 0.1) is 6.61 Å². The summed E-state index contributed by atoms with van der Waals surface area (Å²) in [5.41, 5.74) is 10.1. The monoisotopic (exact) mass is 362 g/mol. The van der Waals surface area contributed by atoms with Gasteiger partial charge in [-0.2, -0.15) is 0 Å². The van der Waals surface area contributed by atoms with Crippen molar-refractivity contribution in [2.24, 2.45) is 5.73 Å². The standard InChI is InChI=1S/C20H26N2O2.ClH/c1-14(2)16-8-10-17(11-9-16)19(21)12-22-20(23)18-6-4-15(5-7-18)13-24-3;/h4-11,14,19H,12-13,21H2,1-3H3,(H,22,23);1H. The van der Waals surface area contributed by atoms with Crippen molar-refractivity contribution in [1.82, 2.24) is 5.32 Å². The SMILES string of the molecule is COCc1ccc(C(=O)NCC(N)c2ccc(C(C)C)cc2)cc1.Cl. The highest BCUT2D eigenvalue weighted by atomic mass is 35.5. The van der Waals surface area contributed by atoms with Crippen LogP contribution in [0, 0.1) is 0 Å². The number of amides is 1. The van der Waals surface area contributed by atoms with Crippen LogP contribution in [0.2, 0.25) is 0 Å². The predicted molar refractivity (Wildman–Crippen MR) is 104 cm³/mol. The zero-order valence-electron chi connectivity index (χ0n) is 15.0. The Morgan fingerprint density at radius 2 is 1.60 bits per heavy atom. The molecule has 0 saturated carbocycles. The number of hydrogen-bond donors (Lipinski definition) is 2. The van der Waals surface area contributed by atoms with E-state index in [-0.39, 0.29) is 24.4 Å². The average Bonchev–Trinajstić information content (AvgIpc) is 2.60. The quantitative estimate of drug-likeness (QED) is 0.787. The Kier molecular flexibility index (Phi) is 8.62. The maximum absolute atomic E-state index is 12.2. The number of ether oxygens (including phenoxy) is 1. The zero-order chi connectivity index (χ0) is 17.5. The van der Waals surface area contributed by atoms with Crippen LogP contribution in [0.25, 0.3) is 0 Å². The fourth-order valence-corrected chi connectivity index (χ4v) is 2.47. The summed E-state index contributed by atoms with van der Waals surface area (Å²) in [6.07, 6.45) is 0. The van der Waals surface area contributed by atoms with Gasteiger partial charge < -0.3 is 15.8 Å². The molecule has 0 heterocycles. The van der Waals surface area contributed by atoms with Crippen molar-refractivity contribution >= 4 is 18.3 Å². The number of hydrogen-bond acceptors (Lipinski definition) is 3. The highest BCUT2D eigenvalue weighted by Crippen LogP contribution is 2.17. The number of carbonyl (C=O) groups excluding carboxylic acids is 1. The third kappa shape index (κ3) is 6.16. The minimum absolute atomic E-state index is 0. The van der Waals surface area contributed by atoms with Crippen molar-refractivity contribution < 1.29 is 9.53 Å². The summed E-state index contributed by atoms with van der Waals surface area (Å²) < 4.78 is 5.06. The summed E-state index contributed by atoms with van der Waals surface area (Å²) in [6.45, 7) is 5.26. The van der Waals surface area contributed by atoms with Crippen molar-refractivity contribution in [3.05, 3.63) is 70.8 Å². The number of carbonyl (C=O) groups is 1. The molecule has 0 saturated heterocycles. The molecule has 0 aliphatic rings. The van der Waals surface area contributed by atoms with E-state index >= 15 is 0 Å². The summed E-state index contributed by atoms with van der Waals surface area (Å²) in [6, 6.07) is 15.4. The minimum atomic E-state index is -0.220. The molecule has 25 heavy (non-hydrogen) atoms. The van der Waals surface area contributed by atoms with E-state index in [1.807, 2.05) is 24.3 Å². The van der Waals surface area contributed by atoms with Crippen LogP contribution < -0.4 is 11.1 Å². The topological polar surface area (TPSA) is 64.3 Å². The summed E-state index contributed by atoms with van der Waals surface area (Å²) in [7, 11) is 1.65. The van der Waals surface area contributed by atoms with E-state index in [4.69, 9.17) is 10.5 Å². The molecule has 0 aliphatic carbocycles. The van der Waals surface area contributed by atoms with Crippen LogP contribution in [0.1, 0.15) is 52.9 Å². The second-order valence-electron chi connectivity index (χ2n) is 6.27. The highest BCUT2D eigenvalue weighted by molar-refractivity contribution is 5.94. The van der Waals surface area contributed by atoms with Crippen molar-refractivity contribution in [3.8, 4) is 0 Å². The van der Waals surface area contributed by atoms with Crippen molar-refractivity contribution in [3.63, 3.8) is 0 Å². The summed E-state index contributed by atoms with van der Waals surface area (Å²) in [5, 5.41) is 2.89. The molecule has 0 radical (unpaired) electrons. The molecule has 0 fully saturated rings. The summed E-state index contributed by atoms with van der Waals surface area (Å²) in [5.74, 6) is 0.379. The first-order valence-corrected chi connectivity index (χ1v) is 8.22. The first-order valence-electron chi connectivity index (χ1n) is 8.22. The number of methoxy groups -OCH3 is 1. The van der Waals surface area contributed by atoms with E-state index in [0.717, 1.165) is 11.1 Å². The molecule has 0 aliphatic heterocycles. The van der Waals surface area contributed by atoms with Crippen LogP contribution in [-0.2, 0) is 11.3 Å². The summed E-state index contributed by atoms with van der Waals surface area (Å²) in [4.78, 5) is 12.2. The lowest BCUT2D eigenvalue weighted by molar-refractivity contribution is 0.0951. The van der Waals surface area contributed by atoms with E-state index in [1.165, 1.54) is 5.56 Å². The number of benzene rings is 2. The molecular weight excluding hydrogens is 336 g/mol. The Morgan fingerprint density at radius 1 is 1.04 bits per heavy atom. The zero-order valence-corrected chi connectivity index (χ0v) is 15.8. The molecule has 1 amide bonds. The third-order valence-corrected chi connectivity index (χ3v) is 4.04. The lowest BCUT2D eigenvalue weighted by atomic mass is 9.99. The first kappa shape index (κ1) is 21.2. The second-order valence-corrected chi connectivity index (χ2v) is 6.27. The fourth-order valence-electron chi connectivity index (χ4n) is 2.47. The molecule has 0 spiro atoms. The van der Waals surface area contributed by atoms with Crippen LogP contribution >= 0.6 is 12.4 Å². The van der Waals surface area contributed by atoms with Gasteiger partial charge in [-0.15, -0.1) is 12.4 Å². The second kappa shape index (κ2) is 10.2. The first-order chi connectivity index (χ1) is 11.5. The third-order valence-electron chi connectivity index (χ3n) is 4.04. The molecule has 5 heteroatoms. The van der Waals surface area contributed by atoms with Gasteiger partial charge in [-0.1, -0.05) is 50.2 Å². The Morgan fingerprint density at radius 3 is 2.12 bits per heavy atom. The molecule has 0 bridgehead atoms. The molecule has 1 unspecified atom stereocenters. The molecule has 4 nitrogen and oxygen atoms in total. The van der Waals surface area contributed by atoms with Crippen molar-refractivity contribution in [2.75, 3.05) is 13.7 Å². The van der Waals surface area contributed by atoms with E-state index in [9.17, 15) is 4.79 Å². The number of nitrogens with two attached hydrogens (primary N) is 1. The van der Waals surface area contributed by atoms with E-state index in [0.29, 0.717) is 24.6 Å². The molecule has 0 aromatic heterocycles. The van der Waals surface area contributed by atoms with Gasteiger partial charge in [0.15, 0.2) is 0 Å². The van der Waals surface area contributed by atoms with Crippen LogP contribution in [0.5, 0.6) is 0 Å². The number of nitrogens with one attached hydrogen (secondary N) is 1. The average molecular weight is 363 g/mol. The highest BCUT2D eigenvalue weighted by Gasteiger charge is 2.10. The number of halogens is 1. The summed E-state index contributed by atoms with van der Waals surface area (Å²) >= 11 is 0. The van der Waals surface area contributed by atoms with Gasteiger partial charge in [-0.25, -0.2) is 0 Å². The van der Waals surface area contributed by atoms with Gasteiger partial charge in [0.25, 0.3) is 5.91 Å². The van der Waals surface area contributed by atoms with Crippen LogP contribution in [0.4, 0.5) is 0 Å². The normalized spacial score (nSPS) is 11.7. The smallest absolute Gasteiger partial charge is 0.251 e. The van der Waals surface area contributed by atoms with Gasteiger partial charge in [0.2, 0.25) is 0 Å². The predicted octanol–water partition coefficient (Wildman–Crippen LogP) is 3.81. The molecule has 3 N–H and O–H groups in total. The molecule has 2 aromatic carbocycles. The fraction of sp³-hybridized carbons (Fsp3) is 0.350. The van der Waals surface area contributed by atoms with Gasteiger partial charge in [0, 0.05) is 25.3 Å². The minimum Gasteiger partial charge on any atom is -0.380 e. The molecule has 2 aromatic rings. The molecule has 2 rings (SSSR count). The van der Waals surface area contributed by atoms with Crippen LogP contribution in [-0.4, -0.2) is 19.6 Å². The molecular formula is C20H27ClN2O2. The maximum Gasteiger partial charge on any atom is 0.251 e. The van der Waals surface area contributed by atoms with Crippen molar-refractivity contribution in [1.29, 1.82) is 0 Å². The molecule has 136 valence electrons. The van der Waals surface area contributed by atoms with Gasteiger partial charge in [0.1, 0.15) is 0 Å². The van der Waals surface area contributed by atoms with Gasteiger partial charge >= 0.3 is 0 Å². The maximum atomic E-state index is 12.2. The van der Waals surface area contributed by atoms with Gasteiger partial charge in [-0.3, -0.25) is 4.79 Å². The van der Waals surface area contributed by atoms with Gasteiger partial charge in [-0.05, 0) is 34.7 Å². The Labute approximate surface area is 156 Å². The van der Waals surface area contributed by atoms with Crippen LogP contribution in [0.3, 0.4) is 0 Å². The largest absolute Gasteiger partial charge is 0.380 e. The van der Waals surface area contributed by atoms with Crippen LogP contribution in [0.15, 0.2) is 48.5 Å². The van der Waals surface area contributed by atoms with E-state index in [2.05, 4.69) is 31.3 Å². The van der Waals surface area contributed by atoms with E-state index < -0.39 is 0 Å².